The third kappa shape index (κ3) is 5.61. The molecule has 4 rings (SSSR count). The van der Waals surface area contributed by atoms with E-state index in [0.717, 1.165) is 17.7 Å². The van der Waals surface area contributed by atoms with Crippen LogP contribution in [-0.4, -0.2) is 42.0 Å². The summed E-state index contributed by atoms with van der Waals surface area (Å²) in [5, 5.41) is 11.4. The maximum absolute atomic E-state index is 13.3. The zero-order valence-electron chi connectivity index (χ0n) is 21.3. The van der Waals surface area contributed by atoms with Crippen LogP contribution in [0.2, 0.25) is 0 Å². The van der Waals surface area contributed by atoms with Gasteiger partial charge in [-0.1, -0.05) is 43.3 Å². The minimum absolute atomic E-state index is 0.0359. The lowest BCUT2D eigenvalue weighted by Gasteiger charge is -2.25. The smallest absolute Gasteiger partial charge is 0.295 e. The van der Waals surface area contributed by atoms with Crippen molar-refractivity contribution in [3.05, 3.63) is 95.1 Å². The van der Waals surface area contributed by atoms with Crippen molar-refractivity contribution in [3.8, 4) is 17.2 Å². The number of hydrogen-bond acceptors (Lipinski definition) is 6. The zero-order chi connectivity index (χ0) is 26.4. The molecule has 1 N–H and O–H groups in total. The van der Waals surface area contributed by atoms with Crippen molar-refractivity contribution < 1.29 is 28.9 Å². The molecule has 0 aromatic heterocycles. The number of methoxy groups -OCH3 is 1. The van der Waals surface area contributed by atoms with Crippen LogP contribution in [0.25, 0.3) is 5.76 Å². The number of carbonyl (C=O) groups is 2. The molecular weight excluding hydrogens is 470 g/mol. The van der Waals surface area contributed by atoms with Gasteiger partial charge in [-0.15, -0.1) is 0 Å². The third-order valence-corrected chi connectivity index (χ3v) is 6.14. The normalized spacial score (nSPS) is 16.6. The lowest BCUT2D eigenvalue weighted by atomic mass is 9.95. The number of carbonyl (C=O) groups excluding carboxylic acids is 2. The fraction of sp³-hybridized carbons (Fsp3) is 0.267. The molecule has 3 aromatic rings. The summed E-state index contributed by atoms with van der Waals surface area (Å²) < 4.78 is 16.5. The first kappa shape index (κ1) is 25.8. The highest BCUT2D eigenvalue weighted by Crippen LogP contribution is 2.41. The number of Topliss-reactive ketones (excluding diaryl/α,β-unsaturated/α-hetero) is 1. The Morgan fingerprint density at radius 2 is 1.59 bits per heavy atom. The number of aliphatic hydroxyl groups excluding tert-OH is 1. The Hall–Kier alpha value is -4.26. The minimum atomic E-state index is -0.780. The molecule has 3 aromatic carbocycles. The average Bonchev–Trinajstić information content (AvgIpc) is 3.17. The monoisotopic (exact) mass is 501 g/mol. The molecule has 1 aliphatic rings. The molecule has 7 nitrogen and oxygen atoms in total. The average molecular weight is 502 g/mol. The number of ether oxygens (including phenoxy) is 3. The SMILES string of the molecule is CCCOc1cccc(/C(O)=C2/C(=O)C(=O)N(Cc3ccc(OCC)cc3)C2c2ccc(OC)cc2)c1. The van der Waals surface area contributed by atoms with Gasteiger partial charge in [-0.05, 0) is 60.9 Å². The summed E-state index contributed by atoms with van der Waals surface area (Å²) in [6, 6.07) is 20.7. The molecule has 1 atom stereocenters. The van der Waals surface area contributed by atoms with Crippen molar-refractivity contribution >= 4 is 17.4 Å². The highest BCUT2D eigenvalue weighted by molar-refractivity contribution is 6.46. The maximum Gasteiger partial charge on any atom is 0.295 e. The van der Waals surface area contributed by atoms with Crippen LogP contribution in [0.4, 0.5) is 0 Å². The molecule has 0 radical (unpaired) electrons. The fourth-order valence-electron chi connectivity index (χ4n) is 4.34. The Morgan fingerprint density at radius 3 is 2.24 bits per heavy atom. The van der Waals surface area contributed by atoms with Gasteiger partial charge in [-0.2, -0.15) is 0 Å². The van der Waals surface area contributed by atoms with Gasteiger partial charge in [0.15, 0.2) is 0 Å². The predicted molar refractivity (Wildman–Crippen MR) is 141 cm³/mol. The van der Waals surface area contributed by atoms with Crippen molar-refractivity contribution in [2.45, 2.75) is 32.9 Å². The third-order valence-electron chi connectivity index (χ3n) is 6.14. The summed E-state index contributed by atoms with van der Waals surface area (Å²) in [4.78, 5) is 28.1. The second kappa shape index (κ2) is 11.6. The topological polar surface area (TPSA) is 85.3 Å². The molecule has 0 spiro atoms. The number of hydrogen-bond donors (Lipinski definition) is 1. The van der Waals surface area contributed by atoms with Crippen LogP contribution in [-0.2, 0) is 16.1 Å². The van der Waals surface area contributed by atoms with Crippen LogP contribution in [0.3, 0.4) is 0 Å². The maximum atomic E-state index is 13.3. The second-order valence-corrected chi connectivity index (χ2v) is 8.65. The van der Waals surface area contributed by atoms with Gasteiger partial charge in [-0.25, -0.2) is 0 Å². The number of likely N-dealkylation sites (tertiary alicyclic amines) is 1. The van der Waals surface area contributed by atoms with Crippen molar-refractivity contribution in [1.29, 1.82) is 0 Å². The highest BCUT2D eigenvalue weighted by Gasteiger charge is 2.46. The summed E-state index contributed by atoms with van der Waals surface area (Å²) >= 11 is 0. The van der Waals surface area contributed by atoms with Gasteiger partial charge in [0.1, 0.15) is 23.0 Å². The first-order valence-corrected chi connectivity index (χ1v) is 12.3. The number of benzene rings is 3. The van der Waals surface area contributed by atoms with E-state index in [1.807, 2.05) is 38.1 Å². The molecule has 1 amide bonds. The molecular formula is C30H31NO6. The van der Waals surface area contributed by atoms with E-state index in [-0.39, 0.29) is 17.9 Å². The largest absolute Gasteiger partial charge is 0.507 e. The lowest BCUT2D eigenvalue weighted by Crippen LogP contribution is -2.29. The number of nitrogens with zero attached hydrogens (tertiary/aromatic N) is 1. The predicted octanol–water partition coefficient (Wildman–Crippen LogP) is 5.50. The van der Waals surface area contributed by atoms with Crippen LogP contribution in [0.5, 0.6) is 17.2 Å². The molecule has 1 unspecified atom stereocenters. The quantitative estimate of drug-likeness (QED) is 0.224. The zero-order valence-corrected chi connectivity index (χ0v) is 21.3. The van der Waals surface area contributed by atoms with E-state index in [1.54, 1.807) is 55.6 Å². The van der Waals surface area contributed by atoms with E-state index in [2.05, 4.69) is 0 Å². The van der Waals surface area contributed by atoms with Crippen LogP contribution in [0.1, 0.15) is 43.0 Å². The van der Waals surface area contributed by atoms with Crippen molar-refractivity contribution in [3.63, 3.8) is 0 Å². The molecule has 192 valence electrons. The van der Waals surface area contributed by atoms with Gasteiger partial charge in [0.2, 0.25) is 0 Å². The Balaban J connectivity index is 1.77. The Bertz CT molecular complexity index is 1280. The van der Waals surface area contributed by atoms with Gasteiger partial charge >= 0.3 is 0 Å². The number of ketones is 1. The summed E-state index contributed by atoms with van der Waals surface area (Å²) in [5.41, 5.74) is 1.96. The van der Waals surface area contributed by atoms with Gasteiger partial charge in [0.05, 0.1) is 31.9 Å². The minimum Gasteiger partial charge on any atom is -0.507 e. The summed E-state index contributed by atoms with van der Waals surface area (Å²) in [6.45, 7) is 5.18. The summed E-state index contributed by atoms with van der Waals surface area (Å²) in [7, 11) is 1.57. The number of aliphatic hydroxyl groups is 1. The standard InChI is InChI=1S/C30H31NO6/c1-4-17-37-25-8-6-7-22(18-25)28(32)26-27(21-11-15-23(35-3)16-12-21)31(30(34)29(26)33)19-20-9-13-24(14-10-20)36-5-2/h6-16,18,27,32H,4-5,17,19H2,1-3H3/b28-26-. The van der Waals surface area contributed by atoms with Gasteiger partial charge in [0.25, 0.3) is 11.7 Å². The first-order chi connectivity index (χ1) is 18.0. The van der Waals surface area contributed by atoms with Crippen molar-refractivity contribution in [2.75, 3.05) is 20.3 Å². The molecule has 0 bridgehead atoms. The lowest BCUT2D eigenvalue weighted by molar-refractivity contribution is -0.140. The number of rotatable bonds is 10. The van der Waals surface area contributed by atoms with Gasteiger partial charge < -0.3 is 24.2 Å². The summed E-state index contributed by atoms with van der Waals surface area (Å²) in [5.74, 6) is 0.308. The fourth-order valence-corrected chi connectivity index (χ4v) is 4.34. The van der Waals surface area contributed by atoms with E-state index in [1.165, 1.54) is 4.90 Å². The molecule has 0 saturated carbocycles. The number of amides is 1. The van der Waals surface area contributed by atoms with E-state index in [9.17, 15) is 14.7 Å². The summed E-state index contributed by atoms with van der Waals surface area (Å²) in [6.07, 6.45) is 0.838. The second-order valence-electron chi connectivity index (χ2n) is 8.65. The molecule has 7 heteroatoms. The van der Waals surface area contributed by atoms with Crippen LogP contribution in [0, 0.1) is 0 Å². The molecule has 1 saturated heterocycles. The van der Waals surface area contributed by atoms with Crippen LogP contribution >= 0.6 is 0 Å². The molecule has 1 aliphatic heterocycles. The van der Waals surface area contributed by atoms with E-state index < -0.39 is 17.7 Å². The molecule has 37 heavy (non-hydrogen) atoms. The van der Waals surface area contributed by atoms with Crippen molar-refractivity contribution in [1.82, 2.24) is 4.90 Å². The van der Waals surface area contributed by atoms with Gasteiger partial charge in [-0.3, -0.25) is 9.59 Å². The highest BCUT2D eigenvalue weighted by atomic mass is 16.5. The van der Waals surface area contributed by atoms with Gasteiger partial charge in [0, 0.05) is 12.1 Å². The van der Waals surface area contributed by atoms with E-state index in [0.29, 0.717) is 35.8 Å². The first-order valence-electron chi connectivity index (χ1n) is 12.3. The Morgan fingerprint density at radius 1 is 0.892 bits per heavy atom. The van der Waals surface area contributed by atoms with E-state index >= 15 is 0 Å². The molecule has 1 heterocycles. The Labute approximate surface area is 216 Å². The van der Waals surface area contributed by atoms with Crippen LogP contribution < -0.4 is 14.2 Å². The van der Waals surface area contributed by atoms with E-state index in [4.69, 9.17) is 14.2 Å². The molecule has 0 aliphatic carbocycles. The molecule has 1 fully saturated rings. The van der Waals surface area contributed by atoms with Crippen LogP contribution in [0.15, 0.2) is 78.4 Å². The van der Waals surface area contributed by atoms with Crippen molar-refractivity contribution in [2.24, 2.45) is 0 Å². The Kier molecular flexibility index (Phi) is 8.13.